The van der Waals surface area contributed by atoms with E-state index in [1.165, 1.54) is 5.56 Å². The van der Waals surface area contributed by atoms with Crippen molar-refractivity contribution in [3.8, 4) is 11.8 Å². The molecule has 0 saturated carbocycles. The first-order valence-corrected chi connectivity index (χ1v) is 8.01. The molecular weight excluding hydrogens is 280 g/mol. The van der Waals surface area contributed by atoms with Gasteiger partial charge in [-0.05, 0) is 48.4 Å². The summed E-state index contributed by atoms with van der Waals surface area (Å²) < 4.78 is 5.79. The van der Waals surface area contributed by atoms with Crippen LogP contribution in [-0.4, -0.2) is 17.3 Å². The van der Waals surface area contributed by atoms with Gasteiger partial charge in [-0.2, -0.15) is 5.26 Å². The standard InChI is InChI=1S/C17H18N2OS/c1-2-21-17-7-3-6-16(15(17)13-18)20-12-4-5-14-8-10-19-11-9-14/h3,6-11H,2,4-5,12H2,1H3. The molecule has 0 aliphatic rings. The second-order valence-electron chi connectivity index (χ2n) is 4.48. The Morgan fingerprint density at radius 2 is 2.05 bits per heavy atom. The number of ether oxygens (including phenoxy) is 1. The lowest BCUT2D eigenvalue weighted by molar-refractivity contribution is 0.309. The van der Waals surface area contributed by atoms with E-state index < -0.39 is 0 Å². The van der Waals surface area contributed by atoms with E-state index >= 15 is 0 Å². The summed E-state index contributed by atoms with van der Waals surface area (Å²) in [5, 5.41) is 9.31. The molecule has 0 fully saturated rings. The number of benzene rings is 1. The number of hydrogen-bond donors (Lipinski definition) is 0. The molecule has 0 unspecified atom stereocenters. The van der Waals surface area contributed by atoms with Crippen molar-refractivity contribution in [1.82, 2.24) is 4.98 Å². The van der Waals surface area contributed by atoms with Crippen molar-refractivity contribution in [1.29, 1.82) is 5.26 Å². The number of aryl methyl sites for hydroxylation is 1. The zero-order valence-corrected chi connectivity index (χ0v) is 12.9. The van der Waals surface area contributed by atoms with Gasteiger partial charge in [0.1, 0.15) is 17.4 Å². The maximum Gasteiger partial charge on any atom is 0.138 e. The van der Waals surface area contributed by atoms with Gasteiger partial charge >= 0.3 is 0 Å². The highest BCUT2D eigenvalue weighted by Gasteiger charge is 2.08. The van der Waals surface area contributed by atoms with Crippen LogP contribution in [0.3, 0.4) is 0 Å². The molecule has 0 aliphatic carbocycles. The van der Waals surface area contributed by atoms with Crippen molar-refractivity contribution < 1.29 is 4.74 Å². The Labute approximate surface area is 130 Å². The van der Waals surface area contributed by atoms with Crippen LogP contribution in [0.5, 0.6) is 5.75 Å². The summed E-state index contributed by atoms with van der Waals surface area (Å²) in [4.78, 5) is 4.99. The van der Waals surface area contributed by atoms with Crippen LogP contribution in [-0.2, 0) is 6.42 Å². The molecule has 1 aromatic heterocycles. The normalized spacial score (nSPS) is 10.1. The van der Waals surface area contributed by atoms with E-state index in [2.05, 4.69) is 18.0 Å². The van der Waals surface area contributed by atoms with Gasteiger partial charge < -0.3 is 4.74 Å². The summed E-state index contributed by atoms with van der Waals surface area (Å²) >= 11 is 1.67. The fourth-order valence-electron chi connectivity index (χ4n) is 2.03. The lowest BCUT2D eigenvalue weighted by atomic mass is 10.1. The van der Waals surface area contributed by atoms with Gasteiger partial charge in [0, 0.05) is 17.3 Å². The van der Waals surface area contributed by atoms with Gasteiger partial charge in [0.2, 0.25) is 0 Å². The molecule has 2 aromatic rings. The Morgan fingerprint density at radius 3 is 2.76 bits per heavy atom. The molecular formula is C17H18N2OS. The average Bonchev–Trinajstić information content (AvgIpc) is 2.53. The Balaban J connectivity index is 1.91. The number of hydrogen-bond acceptors (Lipinski definition) is 4. The summed E-state index contributed by atoms with van der Waals surface area (Å²) in [5.41, 5.74) is 1.90. The largest absolute Gasteiger partial charge is 0.492 e. The first-order chi connectivity index (χ1) is 10.3. The fraction of sp³-hybridized carbons (Fsp3) is 0.294. The van der Waals surface area contributed by atoms with E-state index in [0.29, 0.717) is 17.9 Å². The minimum absolute atomic E-state index is 0.608. The molecule has 0 radical (unpaired) electrons. The lowest BCUT2D eigenvalue weighted by Gasteiger charge is -2.10. The van der Waals surface area contributed by atoms with Crippen LogP contribution in [0, 0.1) is 11.3 Å². The minimum atomic E-state index is 0.608. The molecule has 0 saturated heterocycles. The second-order valence-corrected chi connectivity index (χ2v) is 5.79. The molecule has 0 bridgehead atoms. The minimum Gasteiger partial charge on any atom is -0.492 e. The predicted octanol–water partition coefficient (Wildman–Crippen LogP) is 4.08. The van der Waals surface area contributed by atoms with Gasteiger partial charge in [-0.1, -0.05) is 13.0 Å². The Morgan fingerprint density at radius 1 is 1.24 bits per heavy atom. The third-order valence-corrected chi connectivity index (χ3v) is 3.96. The third-order valence-electron chi connectivity index (χ3n) is 3.02. The molecule has 3 nitrogen and oxygen atoms in total. The van der Waals surface area contributed by atoms with E-state index in [9.17, 15) is 5.26 Å². The number of pyridine rings is 1. The molecule has 108 valence electrons. The van der Waals surface area contributed by atoms with Crippen LogP contribution >= 0.6 is 11.8 Å². The summed E-state index contributed by atoms with van der Waals surface area (Å²) in [6.07, 6.45) is 5.47. The van der Waals surface area contributed by atoms with Crippen molar-refractivity contribution in [2.45, 2.75) is 24.7 Å². The van der Waals surface area contributed by atoms with E-state index in [4.69, 9.17) is 4.74 Å². The molecule has 0 atom stereocenters. The van der Waals surface area contributed by atoms with Crippen LogP contribution in [0.15, 0.2) is 47.6 Å². The number of nitrogens with zero attached hydrogens (tertiary/aromatic N) is 2. The molecule has 0 aliphatic heterocycles. The van der Waals surface area contributed by atoms with Crippen LogP contribution in [0.4, 0.5) is 0 Å². The zero-order chi connectivity index (χ0) is 14.9. The highest BCUT2D eigenvalue weighted by Crippen LogP contribution is 2.29. The Bertz CT molecular complexity index is 608. The van der Waals surface area contributed by atoms with Crippen molar-refractivity contribution >= 4 is 11.8 Å². The van der Waals surface area contributed by atoms with E-state index in [0.717, 1.165) is 23.5 Å². The predicted molar refractivity (Wildman–Crippen MR) is 85.6 cm³/mol. The molecule has 0 N–H and O–H groups in total. The SMILES string of the molecule is CCSc1cccc(OCCCc2ccncc2)c1C#N. The zero-order valence-electron chi connectivity index (χ0n) is 12.1. The second kappa shape index (κ2) is 8.33. The summed E-state index contributed by atoms with van der Waals surface area (Å²) in [5.74, 6) is 1.63. The lowest BCUT2D eigenvalue weighted by Crippen LogP contribution is -2.01. The Hall–Kier alpha value is -1.99. The van der Waals surface area contributed by atoms with E-state index in [-0.39, 0.29) is 0 Å². The molecule has 21 heavy (non-hydrogen) atoms. The maximum absolute atomic E-state index is 9.31. The maximum atomic E-state index is 9.31. The van der Waals surface area contributed by atoms with Gasteiger partial charge in [0.15, 0.2) is 0 Å². The van der Waals surface area contributed by atoms with E-state index in [1.54, 1.807) is 24.2 Å². The summed E-state index contributed by atoms with van der Waals surface area (Å²) in [6, 6.07) is 12.1. The molecule has 1 aromatic carbocycles. The summed E-state index contributed by atoms with van der Waals surface area (Å²) in [6.45, 7) is 2.69. The number of thioether (sulfide) groups is 1. The average molecular weight is 298 g/mol. The van der Waals surface area contributed by atoms with Gasteiger partial charge in [0.25, 0.3) is 0 Å². The van der Waals surface area contributed by atoms with Crippen LogP contribution < -0.4 is 4.74 Å². The van der Waals surface area contributed by atoms with Crippen molar-refractivity contribution in [2.75, 3.05) is 12.4 Å². The van der Waals surface area contributed by atoms with E-state index in [1.807, 2.05) is 30.3 Å². The Kier molecular flexibility index (Phi) is 6.11. The monoisotopic (exact) mass is 298 g/mol. The van der Waals surface area contributed by atoms with Gasteiger partial charge in [0.05, 0.1) is 6.61 Å². The fourth-order valence-corrected chi connectivity index (χ4v) is 2.80. The number of rotatable bonds is 7. The number of nitriles is 1. The van der Waals surface area contributed by atoms with Crippen molar-refractivity contribution in [3.63, 3.8) is 0 Å². The topological polar surface area (TPSA) is 45.9 Å². The molecule has 0 spiro atoms. The smallest absolute Gasteiger partial charge is 0.138 e. The van der Waals surface area contributed by atoms with Crippen LogP contribution in [0.2, 0.25) is 0 Å². The third kappa shape index (κ3) is 4.51. The quantitative estimate of drug-likeness (QED) is 0.571. The van der Waals surface area contributed by atoms with Gasteiger partial charge in [-0.3, -0.25) is 4.98 Å². The number of aromatic nitrogens is 1. The van der Waals surface area contributed by atoms with Crippen LogP contribution in [0.25, 0.3) is 0 Å². The molecule has 1 heterocycles. The van der Waals surface area contributed by atoms with Gasteiger partial charge in [-0.15, -0.1) is 11.8 Å². The first-order valence-electron chi connectivity index (χ1n) is 7.02. The highest BCUT2D eigenvalue weighted by atomic mass is 32.2. The highest BCUT2D eigenvalue weighted by molar-refractivity contribution is 7.99. The van der Waals surface area contributed by atoms with Crippen molar-refractivity contribution in [2.24, 2.45) is 0 Å². The molecule has 2 rings (SSSR count). The molecule has 4 heteroatoms. The van der Waals surface area contributed by atoms with Crippen molar-refractivity contribution in [3.05, 3.63) is 53.9 Å². The molecule has 0 amide bonds. The van der Waals surface area contributed by atoms with Gasteiger partial charge in [-0.25, -0.2) is 0 Å². The van der Waals surface area contributed by atoms with Crippen LogP contribution in [0.1, 0.15) is 24.5 Å². The first kappa shape index (κ1) is 15.4. The summed E-state index contributed by atoms with van der Waals surface area (Å²) in [7, 11) is 0.